The molecule has 0 amide bonds. The van der Waals surface area contributed by atoms with Gasteiger partial charge in [-0.25, -0.2) is 13.4 Å². The third-order valence-electron chi connectivity index (χ3n) is 4.33. The second-order valence-corrected chi connectivity index (χ2v) is 9.69. The van der Waals surface area contributed by atoms with Crippen LogP contribution in [0.2, 0.25) is 5.02 Å². The molecule has 0 radical (unpaired) electrons. The maximum absolute atomic E-state index is 13.0. The van der Waals surface area contributed by atoms with Gasteiger partial charge in [-0.15, -0.1) is 0 Å². The number of aromatic nitrogens is 1. The monoisotopic (exact) mass is 356 g/mol. The highest BCUT2D eigenvalue weighted by molar-refractivity contribution is 7.92. The van der Waals surface area contributed by atoms with E-state index in [1.165, 1.54) is 0 Å². The summed E-state index contributed by atoms with van der Waals surface area (Å²) in [5, 5.41) is 2.87. The van der Waals surface area contributed by atoms with Gasteiger partial charge in [0, 0.05) is 11.5 Å². The summed E-state index contributed by atoms with van der Waals surface area (Å²) in [6.07, 6.45) is 1.18. The van der Waals surface area contributed by atoms with Crippen LogP contribution in [-0.2, 0) is 15.3 Å². The molecule has 1 aromatic heterocycles. The van der Waals surface area contributed by atoms with Crippen molar-refractivity contribution in [1.82, 2.24) is 10.3 Å². The van der Waals surface area contributed by atoms with Gasteiger partial charge in [0.05, 0.1) is 10.3 Å². The van der Waals surface area contributed by atoms with E-state index in [0.717, 1.165) is 0 Å². The van der Waals surface area contributed by atoms with E-state index in [2.05, 4.69) is 10.3 Å². The van der Waals surface area contributed by atoms with Gasteiger partial charge in [0.1, 0.15) is 10.4 Å². The fraction of sp³-hybridized carbons (Fsp3) is 0.562. The fourth-order valence-electron chi connectivity index (χ4n) is 2.75. The molecular formula is C16H21ClN2O3S. The maximum atomic E-state index is 13.0. The lowest BCUT2D eigenvalue weighted by Gasteiger charge is -2.34. The summed E-state index contributed by atoms with van der Waals surface area (Å²) in [5.41, 5.74) is 0.498. The summed E-state index contributed by atoms with van der Waals surface area (Å²) in [5.74, 6) is 0.507. The van der Waals surface area contributed by atoms with Crippen LogP contribution < -0.4 is 5.32 Å². The van der Waals surface area contributed by atoms with Gasteiger partial charge in [-0.1, -0.05) is 32.4 Å². The van der Waals surface area contributed by atoms with Crippen molar-refractivity contribution in [3.8, 4) is 0 Å². The molecular weight excluding hydrogens is 336 g/mol. The third kappa shape index (κ3) is 2.77. The molecule has 1 aromatic carbocycles. The first-order chi connectivity index (χ1) is 10.6. The van der Waals surface area contributed by atoms with Crippen LogP contribution in [0.1, 0.15) is 39.5 Å². The number of oxazole rings is 1. The number of fused-ring (bicyclic) bond motifs is 1. The van der Waals surface area contributed by atoms with E-state index in [0.29, 0.717) is 24.2 Å². The quantitative estimate of drug-likeness (QED) is 0.913. The molecule has 23 heavy (non-hydrogen) atoms. The van der Waals surface area contributed by atoms with Crippen LogP contribution in [0.25, 0.3) is 11.1 Å². The van der Waals surface area contributed by atoms with Gasteiger partial charge in [-0.3, -0.25) is 0 Å². The van der Waals surface area contributed by atoms with Gasteiger partial charge in [-0.2, -0.15) is 0 Å². The lowest BCUT2D eigenvalue weighted by molar-refractivity contribution is 0.358. The summed E-state index contributed by atoms with van der Waals surface area (Å²) < 4.78 is 31.8. The van der Waals surface area contributed by atoms with Gasteiger partial charge in [0.25, 0.3) is 0 Å². The van der Waals surface area contributed by atoms with Crippen molar-refractivity contribution < 1.29 is 12.8 Å². The molecule has 0 aliphatic heterocycles. The Balaban J connectivity index is 2.13. The molecule has 5 nitrogen and oxygen atoms in total. The molecule has 1 saturated carbocycles. The normalized spacial score (nSPS) is 22.3. The number of rotatable bonds is 3. The Kier molecular flexibility index (Phi) is 3.98. The second-order valence-electron chi connectivity index (χ2n) is 7.12. The SMILES string of the molecule is CNC1CC(S(=O)(=O)c2c(Cl)ccc3nc(C(C)(C)C)oc23)C1. The van der Waals surface area contributed by atoms with E-state index in [1.807, 2.05) is 27.8 Å². The molecule has 126 valence electrons. The van der Waals surface area contributed by atoms with Crippen molar-refractivity contribution in [2.45, 2.75) is 55.2 Å². The number of hydrogen-bond donors (Lipinski definition) is 1. The van der Waals surface area contributed by atoms with E-state index < -0.39 is 15.1 Å². The van der Waals surface area contributed by atoms with Gasteiger partial charge in [-0.05, 0) is 32.0 Å². The van der Waals surface area contributed by atoms with Crippen LogP contribution >= 0.6 is 11.6 Å². The van der Waals surface area contributed by atoms with E-state index in [4.69, 9.17) is 16.0 Å². The first kappa shape index (κ1) is 16.7. The first-order valence-electron chi connectivity index (χ1n) is 7.65. The molecule has 1 aliphatic rings. The van der Waals surface area contributed by atoms with Crippen LogP contribution in [0.15, 0.2) is 21.4 Å². The number of halogens is 1. The Bertz CT molecular complexity index is 846. The van der Waals surface area contributed by atoms with E-state index in [-0.39, 0.29) is 27.0 Å². The van der Waals surface area contributed by atoms with Crippen molar-refractivity contribution in [3.05, 3.63) is 23.0 Å². The standard InChI is InChI=1S/C16H21ClN2O3S/c1-16(2,3)15-19-12-6-5-11(17)14(13(12)22-15)23(20,21)10-7-9(8-10)18-4/h5-6,9-10,18H,7-8H2,1-4H3. The average molecular weight is 357 g/mol. The summed E-state index contributed by atoms with van der Waals surface area (Å²) in [6, 6.07) is 3.53. The average Bonchev–Trinajstić information content (AvgIpc) is 2.80. The van der Waals surface area contributed by atoms with Crippen LogP contribution in [0, 0.1) is 0 Å². The van der Waals surface area contributed by atoms with Gasteiger partial charge >= 0.3 is 0 Å². The topological polar surface area (TPSA) is 72.2 Å². The van der Waals surface area contributed by atoms with Crippen molar-refractivity contribution in [2.24, 2.45) is 0 Å². The zero-order chi connectivity index (χ0) is 17.0. The maximum Gasteiger partial charge on any atom is 0.200 e. The molecule has 7 heteroatoms. The second kappa shape index (κ2) is 5.46. The molecule has 2 aromatic rings. The van der Waals surface area contributed by atoms with Crippen molar-refractivity contribution >= 4 is 32.5 Å². The first-order valence-corrected chi connectivity index (χ1v) is 9.57. The Morgan fingerprint density at radius 3 is 2.52 bits per heavy atom. The van der Waals surface area contributed by atoms with Gasteiger partial charge in [0.15, 0.2) is 15.4 Å². The largest absolute Gasteiger partial charge is 0.439 e. The molecule has 0 unspecified atom stereocenters. The van der Waals surface area contributed by atoms with Crippen LogP contribution in [0.4, 0.5) is 0 Å². The summed E-state index contributed by atoms with van der Waals surface area (Å²) in [7, 11) is -1.70. The number of nitrogens with one attached hydrogen (secondary N) is 1. The predicted octanol–water partition coefficient (Wildman–Crippen LogP) is 3.30. The molecule has 0 saturated heterocycles. The molecule has 0 atom stereocenters. The number of sulfone groups is 1. The molecule has 1 aliphatic carbocycles. The Morgan fingerprint density at radius 2 is 1.96 bits per heavy atom. The lowest BCUT2D eigenvalue weighted by Crippen LogP contribution is -2.46. The molecule has 0 spiro atoms. The zero-order valence-electron chi connectivity index (χ0n) is 13.7. The predicted molar refractivity (Wildman–Crippen MR) is 90.8 cm³/mol. The molecule has 1 fully saturated rings. The van der Waals surface area contributed by atoms with E-state index in [1.54, 1.807) is 12.1 Å². The van der Waals surface area contributed by atoms with E-state index >= 15 is 0 Å². The minimum absolute atomic E-state index is 0.0826. The van der Waals surface area contributed by atoms with E-state index in [9.17, 15) is 8.42 Å². The van der Waals surface area contributed by atoms with Gasteiger partial charge < -0.3 is 9.73 Å². The lowest BCUT2D eigenvalue weighted by atomic mass is 9.93. The molecule has 0 bridgehead atoms. The van der Waals surface area contributed by atoms with Gasteiger partial charge in [0.2, 0.25) is 5.89 Å². The van der Waals surface area contributed by atoms with Crippen molar-refractivity contribution in [3.63, 3.8) is 0 Å². The van der Waals surface area contributed by atoms with Crippen LogP contribution in [0.5, 0.6) is 0 Å². The third-order valence-corrected chi connectivity index (χ3v) is 7.00. The van der Waals surface area contributed by atoms with Crippen LogP contribution in [0.3, 0.4) is 0 Å². The highest BCUT2D eigenvalue weighted by Crippen LogP contribution is 2.39. The Hall–Kier alpha value is -1.11. The molecule has 1 heterocycles. The van der Waals surface area contributed by atoms with Crippen LogP contribution in [-0.4, -0.2) is 31.7 Å². The highest BCUT2D eigenvalue weighted by Gasteiger charge is 2.41. The molecule has 1 N–H and O–H groups in total. The minimum atomic E-state index is -3.54. The fourth-order valence-corrected chi connectivity index (χ4v) is 5.27. The van der Waals surface area contributed by atoms with Crippen molar-refractivity contribution in [2.75, 3.05) is 7.05 Å². The summed E-state index contributed by atoms with van der Waals surface area (Å²) >= 11 is 6.22. The number of nitrogens with zero attached hydrogens (tertiary/aromatic N) is 1. The summed E-state index contributed by atoms with van der Waals surface area (Å²) in [4.78, 5) is 4.51. The zero-order valence-corrected chi connectivity index (χ0v) is 15.3. The minimum Gasteiger partial charge on any atom is -0.439 e. The molecule has 3 rings (SSSR count). The smallest absolute Gasteiger partial charge is 0.200 e. The van der Waals surface area contributed by atoms with Crippen molar-refractivity contribution in [1.29, 1.82) is 0 Å². The Morgan fingerprint density at radius 1 is 1.30 bits per heavy atom. The number of benzene rings is 1. The summed E-state index contributed by atoms with van der Waals surface area (Å²) in [6.45, 7) is 5.91. The number of hydrogen-bond acceptors (Lipinski definition) is 5. The Labute approximate surface area is 141 Å². The highest BCUT2D eigenvalue weighted by atomic mass is 35.5.